The highest BCUT2D eigenvalue weighted by molar-refractivity contribution is 8.32. The van der Waals surface area contributed by atoms with E-state index in [0.717, 1.165) is 0 Å². The maximum Gasteiger partial charge on any atom is 0.101 e. The van der Waals surface area contributed by atoms with Crippen molar-refractivity contribution < 1.29 is 0 Å². The van der Waals surface area contributed by atoms with Gasteiger partial charge in [0.2, 0.25) is 0 Å². The Morgan fingerprint density at radius 2 is 1.88 bits per heavy atom. The highest BCUT2D eigenvalue weighted by atomic mass is 32.3. The fourth-order valence-electron chi connectivity index (χ4n) is 2.34. The van der Waals surface area contributed by atoms with E-state index in [0.29, 0.717) is 0 Å². The second kappa shape index (κ2) is 5.05. The molecule has 1 atom stereocenters. The summed E-state index contributed by atoms with van der Waals surface area (Å²) in [6, 6.07) is 2.34. The Morgan fingerprint density at radius 1 is 1.29 bits per heavy atom. The summed E-state index contributed by atoms with van der Waals surface area (Å²) >= 11 is 0. The van der Waals surface area contributed by atoms with Crippen molar-refractivity contribution >= 4 is 10.0 Å². The second-order valence-electron chi connectivity index (χ2n) is 5.99. The standard InChI is InChI=1S/C14H28N2S/c1-8-10-14(3,9-2)12-11-13(15-16(12)4)17(5,6)7/h11H,8-10H2,1-7H3. The van der Waals surface area contributed by atoms with Gasteiger partial charge in [-0.25, -0.2) is 10.0 Å². The number of rotatable bonds is 5. The first-order chi connectivity index (χ1) is 7.74. The lowest BCUT2D eigenvalue weighted by atomic mass is 9.80. The zero-order valence-corrected chi connectivity index (χ0v) is 13.3. The summed E-state index contributed by atoms with van der Waals surface area (Å²) in [5.74, 6) is 0. The van der Waals surface area contributed by atoms with E-state index in [1.54, 1.807) is 0 Å². The van der Waals surface area contributed by atoms with E-state index in [4.69, 9.17) is 5.10 Å². The Morgan fingerprint density at radius 3 is 2.24 bits per heavy atom. The smallest absolute Gasteiger partial charge is 0.101 e. The molecular weight excluding hydrogens is 228 g/mol. The molecule has 2 nitrogen and oxygen atoms in total. The van der Waals surface area contributed by atoms with Gasteiger partial charge in [-0.05, 0) is 37.7 Å². The number of hydrogen-bond donors (Lipinski definition) is 0. The van der Waals surface area contributed by atoms with Crippen molar-refractivity contribution in [1.29, 1.82) is 0 Å². The van der Waals surface area contributed by atoms with Crippen molar-refractivity contribution in [1.82, 2.24) is 9.78 Å². The minimum absolute atomic E-state index is 0.277. The fourth-order valence-corrected chi connectivity index (χ4v) is 3.18. The van der Waals surface area contributed by atoms with Crippen LogP contribution in [0.4, 0.5) is 0 Å². The molecule has 0 amide bonds. The lowest BCUT2D eigenvalue weighted by Crippen LogP contribution is -2.24. The van der Waals surface area contributed by atoms with E-state index in [9.17, 15) is 0 Å². The minimum atomic E-state index is -0.720. The van der Waals surface area contributed by atoms with Crippen molar-refractivity contribution in [2.45, 2.75) is 50.5 Å². The van der Waals surface area contributed by atoms with Gasteiger partial charge in [-0.1, -0.05) is 27.2 Å². The fraction of sp³-hybridized carbons (Fsp3) is 0.786. The molecule has 1 heterocycles. The highest BCUT2D eigenvalue weighted by Crippen LogP contribution is 2.46. The van der Waals surface area contributed by atoms with Crippen LogP contribution < -0.4 is 0 Å². The zero-order chi connectivity index (χ0) is 13.3. The first kappa shape index (κ1) is 14.6. The molecular formula is C14H28N2S. The highest BCUT2D eigenvalue weighted by Gasteiger charge is 2.28. The third-order valence-corrected chi connectivity index (χ3v) is 5.14. The third-order valence-electron chi connectivity index (χ3n) is 3.69. The quantitative estimate of drug-likeness (QED) is 0.780. The molecule has 1 unspecified atom stereocenters. The minimum Gasteiger partial charge on any atom is -0.271 e. The molecule has 0 bridgehead atoms. The lowest BCUT2D eigenvalue weighted by molar-refractivity contribution is 0.384. The first-order valence-corrected chi connectivity index (χ1v) is 9.33. The third kappa shape index (κ3) is 3.06. The van der Waals surface area contributed by atoms with Gasteiger partial charge in [0, 0.05) is 18.2 Å². The molecule has 1 aromatic rings. The Bertz CT molecular complexity index is 376. The Hall–Kier alpha value is -0.440. The van der Waals surface area contributed by atoms with Crippen LogP contribution in [0.15, 0.2) is 11.1 Å². The zero-order valence-electron chi connectivity index (χ0n) is 12.5. The molecule has 0 aliphatic heterocycles. The van der Waals surface area contributed by atoms with Crippen LogP contribution in [0.25, 0.3) is 0 Å². The van der Waals surface area contributed by atoms with Gasteiger partial charge < -0.3 is 0 Å². The normalized spacial score (nSPS) is 16.9. The molecule has 0 aliphatic carbocycles. The molecule has 0 spiro atoms. The molecule has 0 fully saturated rings. The molecule has 0 radical (unpaired) electrons. The number of aromatic nitrogens is 2. The molecule has 0 N–H and O–H groups in total. The van der Waals surface area contributed by atoms with Crippen molar-refractivity contribution in [2.24, 2.45) is 7.05 Å². The molecule has 1 aromatic heterocycles. The summed E-state index contributed by atoms with van der Waals surface area (Å²) in [5, 5.41) is 6.02. The van der Waals surface area contributed by atoms with Gasteiger partial charge in [0.05, 0.1) is 0 Å². The van der Waals surface area contributed by atoms with Crippen LogP contribution in [-0.2, 0) is 12.5 Å². The Labute approximate surface area is 108 Å². The van der Waals surface area contributed by atoms with Gasteiger partial charge in [-0.3, -0.25) is 4.68 Å². The number of hydrogen-bond acceptors (Lipinski definition) is 1. The number of aryl methyl sites for hydroxylation is 1. The largest absolute Gasteiger partial charge is 0.271 e. The van der Waals surface area contributed by atoms with E-state index in [2.05, 4.69) is 57.3 Å². The molecule has 0 aromatic carbocycles. The topological polar surface area (TPSA) is 17.8 Å². The molecule has 17 heavy (non-hydrogen) atoms. The maximum absolute atomic E-state index is 4.73. The van der Waals surface area contributed by atoms with Crippen LogP contribution in [0.1, 0.15) is 45.7 Å². The lowest BCUT2D eigenvalue weighted by Gasteiger charge is -2.28. The van der Waals surface area contributed by atoms with Gasteiger partial charge in [0.1, 0.15) is 5.03 Å². The average molecular weight is 256 g/mol. The summed E-state index contributed by atoms with van der Waals surface area (Å²) in [7, 11) is 1.37. The monoisotopic (exact) mass is 256 g/mol. The van der Waals surface area contributed by atoms with Gasteiger partial charge in [-0.15, -0.1) is 0 Å². The van der Waals surface area contributed by atoms with E-state index < -0.39 is 10.0 Å². The predicted octanol–water partition coefficient (Wildman–Crippen LogP) is 3.94. The molecule has 0 saturated carbocycles. The van der Waals surface area contributed by atoms with E-state index in [1.807, 2.05) is 0 Å². The van der Waals surface area contributed by atoms with Gasteiger partial charge in [0.15, 0.2) is 0 Å². The predicted molar refractivity (Wildman–Crippen MR) is 79.4 cm³/mol. The Balaban J connectivity index is 3.18. The average Bonchev–Trinajstić information content (AvgIpc) is 2.61. The summed E-state index contributed by atoms with van der Waals surface area (Å²) in [5.41, 5.74) is 1.68. The summed E-state index contributed by atoms with van der Waals surface area (Å²) < 4.78 is 2.10. The van der Waals surface area contributed by atoms with Crippen molar-refractivity contribution in [3.8, 4) is 0 Å². The molecule has 100 valence electrons. The van der Waals surface area contributed by atoms with Crippen LogP contribution in [0.5, 0.6) is 0 Å². The maximum atomic E-state index is 4.73. The molecule has 3 heteroatoms. The summed E-state index contributed by atoms with van der Waals surface area (Å²) in [4.78, 5) is 0. The van der Waals surface area contributed by atoms with E-state index >= 15 is 0 Å². The first-order valence-electron chi connectivity index (χ1n) is 6.47. The van der Waals surface area contributed by atoms with Crippen LogP contribution in [0, 0.1) is 0 Å². The number of nitrogens with zero attached hydrogens (tertiary/aromatic N) is 2. The van der Waals surface area contributed by atoms with Crippen LogP contribution >= 0.6 is 10.0 Å². The van der Waals surface area contributed by atoms with E-state index in [-0.39, 0.29) is 5.41 Å². The van der Waals surface area contributed by atoms with Gasteiger partial charge in [0.25, 0.3) is 0 Å². The molecule has 0 aliphatic rings. The van der Waals surface area contributed by atoms with E-state index in [1.165, 1.54) is 30.0 Å². The molecule has 0 saturated heterocycles. The van der Waals surface area contributed by atoms with Crippen LogP contribution in [0.3, 0.4) is 0 Å². The Kier molecular flexibility index (Phi) is 4.34. The van der Waals surface area contributed by atoms with Gasteiger partial charge in [-0.2, -0.15) is 5.10 Å². The van der Waals surface area contributed by atoms with Crippen molar-refractivity contribution in [3.05, 3.63) is 11.8 Å². The summed E-state index contributed by atoms with van der Waals surface area (Å²) in [6.45, 7) is 6.92. The SMILES string of the molecule is CCCC(C)(CC)c1cc(S(C)(C)C)nn1C. The van der Waals surface area contributed by atoms with Crippen molar-refractivity contribution in [3.63, 3.8) is 0 Å². The van der Waals surface area contributed by atoms with Gasteiger partial charge >= 0.3 is 0 Å². The second-order valence-corrected chi connectivity index (χ2v) is 10.1. The summed E-state index contributed by atoms with van der Waals surface area (Å²) in [6.07, 6.45) is 10.6. The van der Waals surface area contributed by atoms with Crippen LogP contribution in [0.2, 0.25) is 0 Å². The van der Waals surface area contributed by atoms with Crippen LogP contribution in [-0.4, -0.2) is 28.5 Å². The molecule has 1 rings (SSSR count). The van der Waals surface area contributed by atoms with Crippen molar-refractivity contribution in [2.75, 3.05) is 18.8 Å².